The molecule has 0 spiro atoms. The highest BCUT2D eigenvalue weighted by molar-refractivity contribution is 5.85. The van der Waals surface area contributed by atoms with Crippen LogP contribution in [-0.2, 0) is 13.0 Å². The number of para-hydroxylation sites is 1. The molecular weight excluding hydrogens is 262 g/mol. The molecule has 0 bridgehead atoms. The van der Waals surface area contributed by atoms with Gasteiger partial charge >= 0.3 is 0 Å². The second-order valence-corrected chi connectivity index (χ2v) is 4.68. The van der Waals surface area contributed by atoms with Gasteiger partial charge in [0.1, 0.15) is 11.6 Å². The first-order chi connectivity index (χ1) is 8.79. The first-order valence-electron chi connectivity index (χ1n) is 6.23. The SMILES string of the molecule is COc1ccccc1-c1ncc2n1CCC(N)C2.Cl. The van der Waals surface area contributed by atoms with Crippen molar-refractivity contribution in [3.05, 3.63) is 36.2 Å². The van der Waals surface area contributed by atoms with Crippen LogP contribution >= 0.6 is 12.4 Å². The summed E-state index contributed by atoms with van der Waals surface area (Å²) in [4.78, 5) is 4.54. The number of halogens is 1. The van der Waals surface area contributed by atoms with Gasteiger partial charge in [0.05, 0.1) is 12.7 Å². The first-order valence-corrected chi connectivity index (χ1v) is 6.23. The minimum Gasteiger partial charge on any atom is -0.496 e. The summed E-state index contributed by atoms with van der Waals surface area (Å²) in [6.07, 6.45) is 3.84. The number of aromatic nitrogens is 2. The summed E-state index contributed by atoms with van der Waals surface area (Å²) >= 11 is 0. The van der Waals surface area contributed by atoms with E-state index in [9.17, 15) is 0 Å². The lowest BCUT2D eigenvalue weighted by atomic mass is 10.1. The highest BCUT2D eigenvalue weighted by atomic mass is 35.5. The van der Waals surface area contributed by atoms with E-state index in [1.165, 1.54) is 5.69 Å². The van der Waals surface area contributed by atoms with E-state index in [-0.39, 0.29) is 18.4 Å². The normalized spacial score (nSPS) is 17.5. The number of fused-ring (bicyclic) bond motifs is 1. The molecule has 1 aromatic heterocycles. The molecule has 3 rings (SSSR count). The third-order valence-electron chi connectivity index (χ3n) is 3.48. The molecule has 2 aromatic rings. The number of rotatable bonds is 2. The van der Waals surface area contributed by atoms with Crippen LogP contribution in [0.3, 0.4) is 0 Å². The molecule has 4 nitrogen and oxygen atoms in total. The molecule has 0 aliphatic carbocycles. The van der Waals surface area contributed by atoms with E-state index in [1.54, 1.807) is 7.11 Å². The van der Waals surface area contributed by atoms with Crippen LogP contribution in [0, 0.1) is 0 Å². The van der Waals surface area contributed by atoms with Gasteiger partial charge in [0.25, 0.3) is 0 Å². The van der Waals surface area contributed by atoms with Crippen molar-refractivity contribution in [2.45, 2.75) is 25.4 Å². The Balaban J connectivity index is 0.00000133. The Morgan fingerprint density at radius 2 is 2.16 bits per heavy atom. The Morgan fingerprint density at radius 1 is 1.37 bits per heavy atom. The van der Waals surface area contributed by atoms with Crippen LogP contribution in [-0.4, -0.2) is 22.7 Å². The van der Waals surface area contributed by atoms with Crippen LogP contribution in [0.15, 0.2) is 30.5 Å². The number of hydrogen-bond acceptors (Lipinski definition) is 3. The fraction of sp³-hybridized carbons (Fsp3) is 0.357. The number of methoxy groups -OCH3 is 1. The molecule has 5 heteroatoms. The lowest BCUT2D eigenvalue weighted by Gasteiger charge is -2.22. The topological polar surface area (TPSA) is 53.1 Å². The zero-order chi connectivity index (χ0) is 12.5. The number of benzene rings is 1. The molecule has 1 aliphatic heterocycles. The Morgan fingerprint density at radius 3 is 2.95 bits per heavy atom. The number of imidazole rings is 1. The van der Waals surface area contributed by atoms with Gasteiger partial charge in [0.2, 0.25) is 0 Å². The predicted octanol–water partition coefficient (Wildman–Crippen LogP) is 2.25. The molecule has 1 unspecified atom stereocenters. The van der Waals surface area contributed by atoms with Crippen LogP contribution in [0.2, 0.25) is 0 Å². The summed E-state index contributed by atoms with van der Waals surface area (Å²) in [5, 5.41) is 0. The van der Waals surface area contributed by atoms with Gasteiger partial charge in [0, 0.05) is 30.9 Å². The quantitative estimate of drug-likeness (QED) is 0.917. The maximum atomic E-state index is 5.99. The van der Waals surface area contributed by atoms with Gasteiger partial charge in [-0.3, -0.25) is 0 Å². The molecule has 102 valence electrons. The minimum atomic E-state index is 0. The Hall–Kier alpha value is -1.52. The number of nitrogens with zero attached hydrogens (tertiary/aromatic N) is 2. The van der Waals surface area contributed by atoms with Gasteiger partial charge in [0.15, 0.2) is 0 Å². The monoisotopic (exact) mass is 279 g/mol. The molecule has 0 amide bonds. The molecule has 0 saturated carbocycles. The van der Waals surface area contributed by atoms with E-state index < -0.39 is 0 Å². The average molecular weight is 280 g/mol. The molecule has 0 saturated heterocycles. The molecule has 2 heterocycles. The van der Waals surface area contributed by atoms with Crippen molar-refractivity contribution >= 4 is 12.4 Å². The highest BCUT2D eigenvalue weighted by Crippen LogP contribution is 2.31. The van der Waals surface area contributed by atoms with Gasteiger partial charge in [-0.05, 0) is 18.6 Å². The van der Waals surface area contributed by atoms with Crippen molar-refractivity contribution in [2.75, 3.05) is 7.11 Å². The maximum absolute atomic E-state index is 5.99. The van der Waals surface area contributed by atoms with Crippen molar-refractivity contribution in [2.24, 2.45) is 5.73 Å². The maximum Gasteiger partial charge on any atom is 0.143 e. The highest BCUT2D eigenvalue weighted by Gasteiger charge is 2.20. The van der Waals surface area contributed by atoms with Crippen molar-refractivity contribution < 1.29 is 4.74 Å². The van der Waals surface area contributed by atoms with E-state index in [2.05, 4.69) is 9.55 Å². The van der Waals surface area contributed by atoms with Crippen LogP contribution in [0.5, 0.6) is 5.75 Å². The summed E-state index contributed by atoms with van der Waals surface area (Å²) in [5.74, 6) is 1.84. The van der Waals surface area contributed by atoms with Crippen molar-refractivity contribution in [1.29, 1.82) is 0 Å². The van der Waals surface area contributed by atoms with E-state index >= 15 is 0 Å². The number of hydrogen-bond donors (Lipinski definition) is 1. The molecule has 1 aromatic carbocycles. The van der Waals surface area contributed by atoms with Crippen molar-refractivity contribution in [3.8, 4) is 17.1 Å². The zero-order valence-corrected chi connectivity index (χ0v) is 11.7. The van der Waals surface area contributed by atoms with Crippen LogP contribution in [0.25, 0.3) is 11.4 Å². The lowest BCUT2D eigenvalue weighted by Crippen LogP contribution is -2.30. The predicted molar refractivity (Wildman–Crippen MR) is 77.8 cm³/mol. The van der Waals surface area contributed by atoms with Crippen LogP contribution in [0.4, 0.5) is 0 Å². The Labute approximate surface area is 119 Å². The van der Waals surface area contributed by atoms with Crippen molar-refractivity contribution in [3.63, 3.8) is 0 Å². The summed E-state index contributed by atoms with van der Waals surface area (Å²) in [6, 6.07) is 8.25. The smallest absolute Gasteiger partial charge is 0.143 e. The Kier molecular flexibility index (Phi) is 4.12. The zero-order valence-electron chi connectivity index (χ0n) is 10.9. The van der Waals surface area contributed by atoms with Crippen molar-refractivity contribution in [1.82, 2.24) is 9.55 Å². The van der Waals surface area contributed by atoms with Gasteiger partial charge < -0.3 is 15.0 Å². The molecule has 0 radical (unpaired) electrons. The van der Waals surface area contributed by atoms with Gasteiger partial charge in [-0.2, -0.15) is 0 Å². The fourth-order valence-electron chi connectivity index (χ4n) is 2.53. The molecule has 1 aliphatic rings. The van der Waals surface area contributed by atoms with E-state index in [4.69, 9.17) is 10.5 Å². The summed E-state index contributed by atoms with van der Waals surface area (Å²) in [7, 11) is 1.69. The third-order valence-corrected chi connectivity index (χ3v) is 3.48. The van der Waals surface area contributed by atoms with Gasteiger partial charge in [-0.25, -0.2) is 4.98 Å². The number of nitrogens with two attached hydrogens (primary N) is 1. The Bertz CT molecular complexity index is 568. The molecule has 2 N–H and O–H groups in total. The fourth-order valence-corrected chi connectivity index (χ4v) is 2.53. The molecule has 0 fully saturated rings. The standard InChI is InChI=1S/C14H17N3O.ClH/c1-18-13-5-3-2-4-12(13)14-16-9-11-8-10(15)6-7-17(11)14;/h2-5,9-10H,6-8,15H2,1H3;1H. The van der Waals surface area contributed by atoms with Gasteiger partial charge in [-0.1, -0.05) is 12.1 Å². The first kappa shape index (κ1) is 13.9. The van der Waals surface area contributed by atoms with E-state index in [0.717, 1.165) is 36.5 Å². The number of ether oxygens (including phenoxy) is 1. The summed E-state index contributed by atoms with van der Waals surface area (Å²) in [6.45, 7) is 0.934. The van der Waals surface area contributed by atoms with Crippen LogP contribution in [0.1, 0.15) is 12.1 Å². The third kappa shape index (κ3) is 2.46. The molecule has 19 heavy (non-hydrogen) atoms. The largest absolute Gasteiger partial charge is 0.496 e. The second-order valence-electron chi connectivity index (χ2n) is 4.68. The molecule has 1 atom stereocenters. The second kappa shape index (κ2) is 5.63. The van der Waals surface area contributed by atoms with E-state index in [1.807, 2.05) is 30.5 Å². The van der Waals surface area contributed by atoms with Gasteiger partial charge in [-0.15, -0.1) is 12.4 Å². The average Bonchev–Trinajstić information content (AvgIpc) is 2.81. The summed E-state index contributed by atoms with van der Waals surface area (Å²) in [5.41, 5.74) is 8.25. The summed E-state index contributed by atoms with van der Waals surface area (Å²) < 4.78 is 7.65. The van der Waals surface area contributed by atoms with E-state index in [0.29, 0.717) is 0 Å². The molecular formula is C14H18ClN3O. The van der Waals surface area contributed by atoms with Crippen LogP contribution < -0.4 is 10.5 Å². The lowest BCUT2D eigenvalue weighted by molar-refractivity contribution is 0.415. The minimum absolute atomic E-state index is 0.